The topological polar surface area (TPSA) is 13.1 Å². The predicted octanol–water partition coefficient (Wildman–Crippen LogP) is 3.66. The summed E-state index contributed by atoms with van der Waals surface area (Å²) in [4.78, 5) is 0. The summed E-state index contributed by atoms with van der Waals surface area (Å²) in [7, 11) is 0. The highest BCUT2D eigenvalue weighted by molar-refractivity contribution is 5.72. The van der Waals surface area contributed by atoms with Gasteiger partial charge in [-0.05, 0) is 23.5 Å². The Morgan fingerprint density at radius 1 is 1.31 bits per heavy atom. The van der Waals surface area contributed by atoms with Gasteiger partial charge in [0, 0.05) is 12.0 Å². The van der Waals surface area contributed by atoms with E-state index in [1.54, 1.807) is 6.26 Å². The lowest BCUT2D eigenvalue weighted by Gasteiger charge is -2.25. The van der Waals surface area contributed by atoms with E-state index in [1.807, 2.05) is 0 Å². The first-order valence-electron chi connectivity index (χ1n) is 4.86. The summed E-state index contributed by atoms with van der Waals surface area (Å²) < 4.78 is 5.44. The van der Waals surface area contributed by atoms with E-state index < -0.39 is 0 Å². The molecule has 1 aromatic rings. The van der Waals surface area contributed by atoms with E-state index >= 15 is 0 Å². The fourth-order valence-corrected chi connectivity index (χ4v) is 1.94. The number of aryl methyl sites for hydroxylation is 1. The first-order chi connectivity index (χ1) is 6.09. The summed E-state index contributed by atoms with van der Waals surface area (Å²) >= 11 is 0. The quantitative estimate of drug-likeness (QED) is 0.588. The second-order valence-electron chi connectivity index (χ2n) is 4.66. The molecule has 1 nitrogen and oxygen atoms in total. The van der Waals surface area contributed by atoms with E-state index in [9.17, 15) is 0 Å². The molecule has 2 rings (SSSR count). The van der Waals surface area contributed by atoms with Crippen molar-refractivity contribution in [2.75, 3.05) is 0 Å². The fraction of sp³-hybridized carbons (Fsp3) is 0.500. The Bertz CT molecular complexity index is 336. The van der Waals surface area contributed by atoms with Gasteiger partial charge in [0.05, 0.1) is 6.26 Å². The first-order valence-corrected chi connectivity index (χ1v) is 4.86. The Labute approximate surface area is 79.4 Å². The third-order valence-corrected chi connectivity index (χ3v) is 2.56. The van der Waals surface area contributed by atoms with Gasteiger partial charge in [-0.2, -0.15) is 0 Å². The highest BCUT2D eigenvalue weighted by Crippen LogP contribution is 2.39. The third-order valence-electron chi connectivity index (χ3n) is 2.56. The normalized spacial score (nSPS) is 16.7. The largest absolute Gasteiger partial charge is 0.469 e. The van der Waals surface area contributed by atoms with Crippen LogP contribution in [0.4, 0.5) is 0 Å². The molecule has 0 saturated carbocycles. The maximum atomic E-state index is 5.44. The molecule has 0 fully saturated rings. The van der Waals surface area contributed by atoms with Crippen molar-refractivity contribution in [2.24, 2.45) is 5.41 Å². The van der Waals surface area contributed by atoms with Crippen LogP contribution in [0.15, 0.2) is 22.8 Å². The average molecular weight is 176 g/mol. The van der Waals surface area contributed by atoms with E-state index in [4.69, 9.17) is 4.42 Å². The number of fused-ring (bicyclic) bond motifs is 1. The van der Waals surface area contributed by atoms with Crippen molar-refractivity contribution in [3.63, 3.8) is 0 Å². The lowest BCUT2D eigenvalue weighted by atomic mass is 9.79. The molecular formula is C12H16O. The molecule has 0 unspecified atom stereocenters. The van der Waals surface area contributed by atoms with E-state index in [2.05, 4.69) is 32.9 Å². The van der Waals surface area contributed by atoms with Crippen LogP contribution in [0.3, 0.4) is 0 Å². The van der Waals surface area contributed by atoms with Gasteiger partial charge in [-0.3, -0.25) is 0 Å². The van der Waals surface area contributed by atoms with E-state index in [1.165, 1.54) is 11.1 Å². The fourth-order valence-electron chi connectivity index (χ4n) is 1.94. The molecule has 13 heavy (non-hydrogen) atoms. The lowest BCUT2D eigenvalue weighted by molar-refractivity contribution is 0.498. The van der Waals surface area contributed by atoms with Gasteiger partial charge < -0.3 is 4.42 Å². The van der Waals surface area contributed by atoms with Crippen molar-refractivity contribution in [2.45, 2.75) is 33.6 Å². The van der Waals surface area contributed by atoms with Gasteiger partial charge >= 0.3 is 0 Å². The Balaban J connectivity index is 2.47. The van der Waals surface area contributed by atoms with Gasteiger partial charge in [-0.15, -0.1) is 0 Å². The second kappa shape index (κ2) is 2.76. The van der Waals surface area contributed by atoms with Crippen LogP contribution in [0.25, 0.3) is 5.57 Å². The van der Waals surface area contributed by atoms with Crippen LogP contribution >= 0.6 is 0 Å². The molecule has 0 bridgehead atoms. The SMILES string of the molecule is CC(C)(C)C1=CCCc2occc21. The van der Waals surface area contributed by atoms with Gasteiger partial charge in [-0.25, -0.2) is 0 Å². The molecule has 1 aliphatic carbocycles. The molecule has 0 N–H and O–H groups in total. The van der Waals surface area contributed by atoms with Crippen molar-refractivity contribution >= 4 is 5.57 Å². The molecule has 0 amide bonds. The minimum atomic E-state index is 0.235. The summed E-state index contributed by atoms with van der Waals surface area (Å²) in [6, 6.07) is 2.09. The number of hydrogen-bond donors (Lipinski definition) is 0. The molecule has 0 aromatic carbocycles. The molecule has 0 saturated heterocycles. The van der Waals surface area contributed by atoms with Crippen LogP contribution in [0.2, 0.25) is 0 Å². The maximum Gasteiger partial charge on any atom is 0.111 e. The summed E-state index contributed by atoms with van der Waals surface area (Å²) in [5.74, 6) is 1.16. The number of rotatable bonds is 0. The summed E-state index contributed by atoms with van der Waals surface area (Å²) in [5.41, 5.74) is 2.99. The highest BCUT2D eigenvalue weighted by atomic mass is 16.3. The molecule has 0 spiro atoms. The third kappa shape index (κ3) is 1.43. The number of hydrogen-bond acceptors (Lipinski definition) is 1. The minimum absolute atomic E-state index is 0.235. The molecule has 1 heteroatoms. The van der Waals surface area contributed by atoms with E-state index in [0.717, 1.165) is 18.6 Å². The smallest absolute Gasteiger partial charge is 0.111 e. The highest BCUT2D eigenvalue weighted by Gasteiger charge is 2.24. The van der Waals surface area contributed by atoms with Gasteiger partial charge in [0.15, 0.2) is 0 Å². The van der Waals surface area contributed by atoms with Gasteiger partial charge in [0.2, 0.25) is 0 Å². The molecule has 70 valence electrons. The number of allylic oxidation sites excluding steroid dienone is 2. The predicted molar refractivity (Wildman–Crippen MR) is 54.5 cm³/mol. The van der Waals surface area contributed by atoms with Crippen LogP contribution in [-0.2, 0) is 6.42 Å². The summed E-state index contributed by atoms with van der Waals surface area (Å²) in [5, 5.41) is 0. The van der Waals surface area contributed by atoms with Crippen molar-refractivity contribution in [1.82, 2.24) is 0 Å². The van der Waals surface area contributed by atoms with Crippen LogP contribution in [0, 0.1) is 5.41 Å². The summed E-state index contributed by atoms with van der Waals surface area (Å²) in [6.07, 6.45) is 6.32. The second-order valence-corrected chi connectivity index (χ2v) is 4.66. The molecule has 0 aliphatic heterocycles. The molecule has 1 heterocycles. The lowest BCUT2D eigenvalue weighted by Crippen LogP contribution is -2.11. The molecule has 1 aliphatic rings. The van der Waals surface area contributed by atoms with Gasteiger partial charge in [0.25, 0.3) is 0 Å². The Morgan fingerprint density at radius 3 is 2.77 bits per heavy atom. The van der Waals surface area contributed by atoms with Crippen LogP contribution in [0.1, 0.15) is 38.5 Å². The van der Waals surface area contributed by atoms with E-state index in [0.29, 0.717) is 0 Å². The molecule has 0 atom stereocenters. The van der Waals surface area contributed by atoms with Crippen LogP contribution in [0.5, 0.6) is 0 Å². The van der Waals surface area contributed by atoms with Crippen molar-refractivity contribution < 1.29 is 4.42 Å². The standard InChI is InChI=1S/C12H16O/c1-12(2,3)10-5-4-6-11-9(10)7-8-13-11/h5,7-8H,4,6H2,1-3H3. The Morgan fingerprint density at radius 2 is 2.08 bits per heavy atom. The average Bonchev–Trinajstić information content (AvgIpc) is 2.48. The monoisotopic (exact) mass is 176 g/mol. The van der Waals surface area contributed by atoms with E-state index in [-0.39, 0.29) is 5.41 Å². The van der Waals surface area contributed by atoms with Crippen molar-refractivity contribution in [3.05, 3.63) is 29.7 Å². The molecular weight excluding hydrogens is 160 g/mol. The minimum Gasteiger partial charge on any atom is -0.469 e. The zero-order valence-electron chi connectivity index (χ0n) is 8.55. The van der Waals surface area contributed by atoms with Gasteiger partial charge in [0.1, 0.15) is 5.76 Å². The zero-order valence-corrected chi connectivity index (χ0v) is 8.55. The summed E-state index contributed by atoms with van der Waals surface area (Å²) in [6.45, 7) is 6.75. The first kappa shape index (κ1) is 8.61. The van der Waals surface area contributed by atoms with Crippen molar-refractivity contribution in [3.8, 4) is 0 Å². The number of furan rings is 1. The molecule has 0 radical (unpaired) electrons. The Kier molecular flexibility index (Phi) is 1.83. The zero-order chi connectivity index (χ0) is 9.47. The maximum absolute atomic E-state index is 5.44. The molecule has 1 aromatic heterocycles. The van der Waals surface area contributed by atoms with Crippen LogP contribution < -0.4 is 0 Å². The van der Waals surface area contributed by atoms with Gasteiger partial charge in [-0.1, -0.05) is 26.8 Å². The van der Waals surface area contributed by atoms with Crippen LogP contribution in [-0.4, -0.2) is 0 Å². The Hall–Kier alpha value is -0.980. The van der Waals surface area contributed by atoms with Crippen molar-refractivity contribution in [1.29, 1.82) is 0 Å².